The Morgan fingerprint density at radius 3 is 2.69 bits per heavy atom. The number of rotatable bonds is 2. The topological polar surface area (TPSA) is 63.3 Å². The summed E-state index contributed by atoms with van der Waals surface area (Å²) < 4.78 is 0. The molecule has 1 aromatic carbocycles. The minimum atomic E-state index is -0.982. The zero-order valence-electron chi connectivity index (χ0n) is 7.12. The van der Waals surface area contributed by atoms with Crippen LogP contribution in [0, 0.1) is 0 Å². The lowest BCUT2D eigenvalue weighted by Gasteiger charge is -2.09. The van der Waals surface area contributed by atoms with E-state index in [2.05, 4.69) is 0 Å². The van der Waals surface area contributed by atoms with Gasteiger partial charge in [-0.25, -0.2) is 4.79 Å². The molecule has 0 saturated carbocycles. The maximum absolute atomic E-state index is 10.7. The minimum Gasteiger partial charge on any atom is -0.478 e. The minimum absolute atomic E-state index is 0.208. The molecule has 0 amide bonds. The Bertz CT molecular complexity index is 336. The van der Waals surface area contributed by atoms with E-state index in [0.29, 0.717) is 10.6 Å². The molecule has 0 saturated heterocycles. The Morgan fingerprint density at radius 1 is 1.62 bits per heavy atom. The van der Waals surface area contributed by atoms with Gasteiger partial charge in [0, 0.05) is 11.1 Å². The van der Waals surface area contributed by atoms with E-state index in [1.165, 1.54) is 12.1 Å². The van der Waals surface area contributed by atoms with Crippen LogP contribution in [0.25, 0.3) is 0 Å². The van der Waals surface area contributed by atoms with E-state index in [4.69, 9.17) is 22.4 Å². The van der Waals surface area contributed by atoms with Gasteiger partial charge in [0.2, 0.25) is 0 Å². The number of carbonyl (C=O) groups is 1. The number of carboxylic acid groups (broad SMARTS) is 1. The van der Waals surface area contributed by atoms with E-state index in [1.807, 2.05) is 0 Å². The average molecular weight is 200 g/mol. The van der Waals surface area contributed by atoms with Gasteiger partial charge in [-0.05, 0) is 30.7 Å². The fourth-order valence-corrected chi connectivity index (χ4v) is 1.29. The van der Waals surface area contributed by atoms with Gasteiger partial charge in [0.1, 0.15) is 0 Å². The lowest BCUT2D eigenvalue weighted by molar-refractivity contribution is 0.0695. The molecule has 1 aromatic rings. The second-order valence-electron chi connectivity index (χ2n) is 2.83. The Morgan fingerprint density at radius 2 is 2.23 bits per heavy atom. The number of hydrogen-bond donors (Lipinski definition) is 2. The van der Waals surface area contributed by atoms with Crippen molar-refractivity contribution in [2.75, 3.05) is 0 Å². The first kappa shape index (κ1) is 10.0. The summed E-state index contributed by atoms with van der Waals surface area (Å²) in [6, 6.07) is 4.25. The second kappa shape index (κ2) is 3.77. The summed E-state index contributed by atoms with van der Waals surface area (Å²) in [5, 5.41) is 9.30. The number of benzene rings is 1. The van der Waals surface area contributed by atoms with Crippen LogP contribution in [-0.2, 0) is 0 Å². The Hall–Kier alpha value is -1.06. The molecule has 1 rings (SSSR count). The highest BCUT2D eigenvalue weighted by Gasteiger charge is 2.12. The summed E-state index contributed by atoms with van der Waals surface area (Å²) in [5.74, 6) is -0.982. The van der Waals surface area contributed by atoms with Crippen LogP contribution in [0.15, 0.2) is 18.2 Å². The average Bonchev–Trinajstić information content (AvgIpc) is 2.03. The molecule has 13 heavy (non-hydrogen) atoms. The van der Waals surface area contributed by atoms with Crippen molar-refractivity contribution >= 4 is 17.6 Å². The lowest BCUT2D eigenvalue weighted by atomic mass is 10.0. The zero-order valence-corrected chi connectivity index (χ0v) is 7.88. The van der Waals surface area contributed by atoms with Gasteiger partial charge in [-0.1, -0.05) is 11.6 Å². The van der Waals surface area contributed by atoms with Gasteiger partial charge in [-0.15, -0.1) is 0 Å². The van der Waals surface area contributed by atoms with Gasteiger partial charge >= 0.3 is 5.97 Å². The van der Waals surface area contributed by atoms with Crippen molar-refractivity contribution in [2.45, 2.75) is 13.0 Å². The van der Waals surface area contributed by atoms with Gasteiger partial charge < -0.3 is 10.8 Å². The molecule has 0 bridgehead atoms. The van der Waals surface area contributed by atoms with Crippen LogP contribution in [0.5, 0.6) is 0 Å². The summed E-state index contributed by atoms with van der Waals surface area (Å²) >= 11 is 5.72. The van der Waals surface area contributed by atoms with E-state index in [-0.39, 0.29) is 11.6 Å². The van der Waals surface area contributed by atoms with E-state index in [0.717, 1.165) is 0 Å². The normalized spacial score (nSPS) is 12.5. The third kappa shape index (κ3) is 2.20. The van der Waals surface area contributed by atoms with Crippen LogP contribution in [0.3, 0.4) is 0 Å². The number of halogens is 1. The van der Waals surface area contributed by atoms with Crippen molar-refractivity contribution in [1.82, 2.24) is 0 Å². The second-order valence-corrected chi connectivity index (χ2v) is 3.26. The van der Waals surface area contributed by atoms with Crippen LogP contribution < -0.4 is 5.73 Å². The van der Waals surface area contributed by atoms with Gasteiger partial charge in [-0.3, -0.25) is 0 Å². The molecule has 0 aliphatic rings. The van der Waals surface area contributed by atoms with Crippen LogP contribution >= 0.6 is 11.6 Å². The van der Waals surface area contributed by atoms with E-state index < -0.39 is 5.97 Å². The predicted octanol–water partition coefficient (Wildman–Crippen LogP) is 2.06. The summed E-state index contributed by atoms with van der Waals surface area (Å²) in [4.78, 5) is 10.7. The van der Waals surface area contributed by atoms with Gasteiger partial charge in [-0.2, -0.15) is 0 Å². The third-order valence-corrected chi connectivity index (χ3v) is 1.97. The first-order chi connectivity index (χ1) is 6.02. The Kier molecular flexibility index (Phi) is 2.90. The monoisotopic (exact) mass is 199 g/mol. The fraction of sp³-hybridized carbons (Fsp3) is 0.222. The smallest absolute Gasteiger partial charge is 0.336 e. The highest BCUT2D eigenvalue weighted by molar-refractivity contribution is 6.30. The Labute approximate surface area is 81.1 Å². The van der Waals surface area contributed by atoms with Gasteiger partial charge in [0.15, 0.2) is 0 Å². The Balaban J connectivity index is 3.26. The first-order valence-corrected chi connectivity index (χ1v) is 4.18. The van der Waals surface area contributed by atoms with Crippen molar-refractivity contribution < 1.29 is 9.90 Å². The van der Waals surface area contributed by atoms with E-state index >= 15 is 0 Å². The molecule has 4 heteroatoms. The molecule has 0 radical (unpaired) electrons. The summed E-state index contributed by atoms with van der Waals surface area (Å²) in [5.41, 5.74) is 6.36. The van der Waals surface area contributed by atoms with Crippen molar-refractivity contribution in [3.63, 3.8) is 0 Å². The van der Waals surface area contributed by atoms with Gasteiger partial charge in [0.05, 0.1) is 5.56 Å². The number of aromatic carboxylic acids is 1. The van der Waals surface area contributed by atoms with Crippen LogP contribution in [0.2, 0.25) is 5.02 Å². The van der Waals surface area contributed by atoms with Crippen molar-refractivity contribution in [3.05, 3.63) is 34.3 Å². The third-order valence-electron chi connectivity index (χ3n) is 1.73. The van der Waals surface area contributed by atoms with Crippen LogP contribution in [-0.4, -0.2) is 11.1 Å². The standard InChI is InChI=1S/C9H10ClNO2/c1-5(11)8-4-6(10)2-3-7(8)9(12)13/h2-5H,11H2,1H3,(H,12,13)/t5-/m1/s1. The molecule has 3 N–H and O–H groups in total. The fourth-order valence-electron chi connectivity index (χ4n) is 1.11. The van der Waals surface area contributed by atoms with Gasteiger partial charge in [0.25, 0.3) is 0 Å². The molecular weight excluding hydrogens is 190 g/mol. The molecule has 0 fully saturated rings. The van der Waals surface area contributed by atoms with Crippen LogP contribution in [0.4, 0.5) is 0 Å². The van der Waals surface area contributed by atoms with E-state index in [1.54, 1.807) is 13.0 Å². The zero-order chi connectivity index (χ0) is 10.0. The largest absolute Gasteiger partial charge is 0.478 e. The number of hydrogen-bond acceptors (Lipinski definition) is 2. The molecule has 0 unspecified atom stereocenters. The molecule has 1 atom stereocenters. The number of nitrogens with two attached hydrogens (primary N) is 1. The van der Waals surface area contributed by atoms with Crippen molar-refractivity contribution in [1.29, 1.82) is 0 Å². The van der Waals surface area contributed by atoms with Crippen molar-refractivity contribution in [2.24, 2.45) is 5.73 Å². The predicted molar refractivity (Wildman–Crippen MR) is 51.0 cm³/mol. The molecule has 70 valence electrons. The van der Waals surface area contributed by atoms with E-state index in [9.17, 15) is 4.79 Å². The van der Waals surface area contributed by atoms with Crippen molar-refractivity contribution in [3.8, 4) is 0 Å². The molecule has 0 heterocycles. The van der Waals surface area contributed by atoms with Crippen LogP contribution in [0.1, 0.15) is 28.9 Å². The molecular formula is C9H10ClNO2. The maximum Gasteiger partial charge on any atom is 0.336 e. The highest BCUT2D eigenvalue weighted by Crippen LogP contribution is 2.20. The summed E-state index contributed by atoms with van der Waals surface area (Å²) in [6.07, 6.45) is 0. The molecule has 0 aliphatic carbocycles. The SMILES string of the molecule is C[C@@H](N)c1cc(Cl)ccc1C(=O)O. The highest BCUT2D eigenvalue weighted by atomic mass is 35.5. The summed E-state index contributed by atoms with van der Waals surface area (Å²) in [6.45, 7) is 1.72. The summed E-state index contributed by atoms with van der Waals surface area (Å²) in [7, 11) is 0. The first-order valence-electron chi connectivity index (χ1n) is 3.80. The quantitative estimate of drug-likeness (QED) is 0.767. The molecule has 3 nitrogen and oxygen atoms in total. The molecule has 0 aromatic heterocycles. The lowest BCUT2D eigenvalue weighted by Crippen LogP contribution is -2.11. The molecule has 0 aliphatic heterocycles. The maximum atomic E-state index is 10.7. The molecule has 0 spiro atoms. The number of carboxylic acids is 1.